The van der Waals surface area contributed by atoms with Crippen LogP contribution in [0.2, 0.25) is 5.02 Å². The normalized spacial score (nSPS) is 17.2. The van der Waals surface area contributed by atoms with Gasteiger partial charge in [0.1, 0.15) is 12.6 Å². The summed E-state index contributed by atoms with van der Waals surface area (Å²) < 4.78 is 5.58. The summed E-state index contributed by atoms with van der Waals surface area (Å²) in [7, 11) is 0. The molecule has 1 aromatic heterocycles. The van der Waals surface area contributed by atoms with Gasteiger partial charge in [-0.15, -0.1) is 6.58 Å². The van der Waals surface area contributed by atoms with E-state index in [-0.39, 0.29) is 35.7 Å². The number of amides is 2. The molecule has 1 aliphatic heterocycles. The summed E-state index contributed by atoms with van der Waals surface area (Å²) >= 11 is 6.10. The van der Waals surface area contributed by atoms with Gasteiger partial charge in [-0.2, -0.15) is 4.98 Å². The average molecular weight is 501 g/mol. The highest BCUT2D eigenvalue weighted by Crippen LogP contribution is 2.32. The Bertz CT molecular complexity index is 1030. The van der Waals surface area contributed by atoms with Crippen LogP contribution in [0.25, 0.3) is 11.4 Å². The van der Waals surface area contributed by atoms with Gasteiger partial charge >= 0.3 is 0 Å². The van der Waals surface area contributed by atoms with Crippen LogP contribution in [0.3, 0.4) is 0 Å². The number of benzene rings is 1. The highest BCUT2D eigenvalue weighted by atomic mass is 35.5. The van der Waals surface area contributed by atoms with Crippen LogP contribution in [0.15, 0.2) is 41.4 Å². The Morgan fingerprint density at radius 1 is 1.34 bits per heavy atom. The number of likely N-dealkylation sites (tertiary alicyclic amines) is 1. The first kappa shape index (κ1) is 26.9. The van der Waals surface area contributed by atoms with Gasteiger partial charge in [0.2, 0.25) is 23.5 Å². The first-order valence-corrected chi connectivity index (χ1v) is 12.7. The topological polar surface area (TPSA) is 79.5 Å². The minimum Gasteiger partial charge on any atom is -0.337 e. The van der Waals surface area contributed by atoms with Crippen LogP contribution in [-0.4, -0.2) is 51.4 Å². The molecule has 1 saturated heterocycles. The fourth-order valence-corrected chi connectivity index (χ4v) is 5.00. The van der Waals surface area contributed by atoms with E-state index >= 15 is 0 Å². The molecule has 35 heavy (non-hydrogen) atoms. The molecule has 7 nitrogen and oxygen atoms in total. The lowest BCUT2D eigenvalue weighted by Crippen LogP contribution is -2.46. The Hall–Kier alpha value is -2.67. The van der Waals surface area contributed by atoms with Crippen molar-refractivity contribution < 1.29 is 14.1 Å². The summed E-state index contributed by atoms with van der Waals surface area (Å²) in [6.45, 7) is 13.3. The smallest absolute Gasteiger partial charge is 0.249 e. The summed E-state index contributed by atoms with van der Waals surface area (Å²) in [6.07, 6.45) is 5.62. The Morgan fingerprint density at radius 3 is 2.80 bits per heavy atom. The van der Waals surface area contributed by atoms with Crippen molar-refractivity contribution in [1.82, 2.24) is 19.9 Å². The van der Waals surface area contributed by atoms with E-state index in [2.05, 4.69) is 44.4 Å². The molecule has 2 atom stereocenters. The molecule has 1 aliphatic rings. The van der Waals surface area contributed by atoms with Gasteiger partial charge in [0, 0.05) is 30.1 Å². The van der Waals surface area contributed by atoms with Gasteiger partial charge in [0.15, 0.2) is 0 Å². The SMILES string of the molecule is C=CCN(CC(=O)N1CCCC[C@@H]1c1nc(-c2cccc(Cl)c2)no1)C(=O)C[C@@H](C)CC(C)(C)C. The lowest BCUT2D eigenvalue weighted by Gasteiger charge is -2.35. The van der Waals surface area contributed by atoms with Crippen LogP contribution in [0.4, 0.5) is 0 Å². The lowest BCUT2D eigenvalue weighted by molar-refractivity contribution is -0.143. The molecule has 0 unspecified atom stereocenters. The quantitative estimate of drug-likeness (QED) is 0.399. The molecule has 0 radical (unpaired) electrons. The molecule has 0 bridgehead atoms. The highest BCUT2D eigenvalue weighted by Gasteiger charge is 2.33. The zero-order valence-electron chi connectivity index (χ0n) is 21.3. The number of carbonyl (C=O) groups is 2. The largest absolute Gasteiger partial charge is 0.337 e. The summed E-state index contributed by atoms with van der Waals surface area (Å²) in [5.74, 6) is 0.946. The first-order valence-electron chi connectivity index (χ1n) is 12.3. The van der Waals surface area contributed by atoms with Gasteiger partial charge in [-0.1, -0.05) is 62.7 Å². The zero-order chi connectivity index (χ0) is 25.6. The van der Waals surface area contributed by atoms with Crippen LogP contribution in [0.5, 0.6) is 0 Å². The average Bonchev–Trinajstić information content (AvgIpc) is 3.27. The van der Waals surface area contributed by atoms with Crippen molar-refractivity contribution in [3.63, 3.8) is 0 Å². The number of carbonyl (C=O) groups excluding carboxylic acids is 2. The van der Waals surface area contributed by atoms with Crippen LogP contribution >= 0.6 is 11.6 Å². The second-order valence-electron chi connectivity index (χ2n) is 10.7. The molecule has 1 fully saturated rings. The van der Waals surface area contributed by atoms with Gasteiger partial charge < -0.3 is 14.3 Å². The van der Waals surface area contributed by atoms with Gasteiger partial charge in [-0.3, -0.25) is 9.59 Å². The van der Waals surface area contributed by atoms with Crippen molar-refractivity contribution in [2.45, 2.75) is 65.8 Å². The van der Waals surface area contributed by atoms with Crippen molar-refractivity contribution in [2.24, 2.45) is 11.3 Å². The standard InChI is InChI=1S/C27H37ClN4O3/c1-6-13-31(23(33)15-19(2)17-27(3,4)5)18-24(34)32-14-8-7-12-22(32)26-29-25(30-35-26)20-10-9-11-21(28)16-20/h6,9-11,16,19,22H,1,7-8,12-15,17-18H2,2-5H3/t19-,22-/m1/s1. The Balaban J connectivity index is 1.71. The second kappa shape index (κ2) is 11.8. The third kappa shape index (κ3) is 7.66. The molecule has 0 spiro atoms. The van der Waals surface area contributed by atoms with Crippen LogP contribution < -0.4 is 0 Å². The van der Waals surface area contributed by atoms with E-state index < -0.39 is 0 Å². The molecule has 3 rings (SSSR count). The number of piperidine rings is 1. The molecular formula is C27H37ClN4O3. The van der Waals surface area contributed by atoms with Gasteiger partial charge in [0.05, 0.1) is 0 Å². The lowest BCUT2D eigenvalue weighted by atomic mass is 9.84. The Morgan fingerprint density at radius 2 is 2.11 bits per heavy atom. The maximum atomic E-state index is 13.4. The van der Waals surface area contributed by atoms with Gasteiger partial charge in [-0.05, 0) is 49.1 Å². The van der Waals surface area contributed by atoms with Crippen molar-refractivity contribution in [3.8, 4) is 11.4 Å². The van der Waals surface area contributed by atoms with Crippen LogP contribution in [-0.2, 0) is 9.59 Å². The van der Waals surface area contributed by atoms with E-state index in [1.165, 1.54) is 0 Å². The third-order valence-corrected chi connectivity index (χ3v) is 6.38. The minimum atomic E-state index is -0.308. The predicted molar refractivity (Wildman–Crippen MR) is 138 cm³/mol. The summed E-state index contributed by atoms with van der Waals surface area (Å²) in [5.41, 5.74) is 0.904. The molecule has 190 valence electrons. The number of halogens is 1. The molecule has 2 aromatic rings. The summed E-state index contributed by atoms with van der Waals surface area (Å²) in [6, 6.07) is 6.95. The molecule has 0 saturated carbocycles. The minimum absolute atomic E-state index is 0.0128. The van der Waals surface area contributed by atoms with Crippen molar-refractivity contribution in [2.75, 3.05) is 19.6 Å². The Kier molecular flexibility index (Phi) is 9.11. The van der Waals surface area contributed by atoms with Gasteiger partial charge in [0.25, 0.3) is 0 Å². The molecule has 2 amide bonds. The predicted octanol–water partition coefficient (Wildman–Crippen LogP) is 5.92. The first-order chi connectivity index (χ1) is 16.6. The zero-order valence-corrected chi connectivity index (χ0v) is 22.1. The van der Waals surface area contributed by atoms with E-state index in [4.69, 9.17) is 16.1 Å². The van der Waals surface area contributed by atoms with E-state index in [1.54, 1.807) is 28.0 Å². The molecule has 2 heterocycles. The fraction of sp³-hybridized carbons (Fsp3) is 0.556. The van der Waals surface area contributed by atoms with E-state index in [0.29, 0.717) is 36.2 Å². The number of aromatic nitrogens is 2. The second-order valence-corrected chi connectivity index (χ2v) is 11.1. The number of hydrogen-bond acceptors (Lipinski definition) is 5. The molecule has 1 aromatic carbocycles. The maximum Gasteiger partial charge on any atom is 0.249 e. The summed E-state index contributed by atoms with van der Waals surface area (Å²) in [5, 5.41) is 4.71. The summed E-state index contributed by atoms with van der Waals surface area (Å²) in [4.78, 5) is 34.4. The van der Waals surface area contributed by atoms with Crippen LogP contribution in [0.1, 0.15) is 71.7 Å². The highest BCUT2D eigenvalue weighted by molar-refractivity contribution is 6.30. The Labute approximate surface area is 213 Å². The van der Waals surface area contributed by atoms with Crippen molar-refractivity contribution >= 4 is 23.4 Å². The van der Waals surface area contributed by atoms with Crippen LogP contribution in [0, 0.1) is 11.3 Å². The molecular weight excluding hydrogens is 464 g/mol. The molecule has 8 heteroatoms. The fourth-order valence-electron chi connectivity index (χ4n) is 4.81. The molecule has 0 aliphatic carbocycles. The van der Waals surface area contributed by atoms with E-state index in [0.717, 1.165) is 31.2 Å². The van der Waals surface area contributed by atoms with E-state index in [1.807, 2.05) is 12.1 Å². The maximum absolute atomic E-state index is 13.4. The number of hydrogen-bond donors (Lipinski definition) is 0. The van der Waals surface area contributed by atoms with Crippen molar-refractivity contribution in [3.05, 3.63) is 47.8 Å². The molecule has 0 N–H and O–H groups in total. The van der Waals surface area contributed by atoms with E-state index in [9.17, 15) is 9.59 Å². The number of nitrogens with zero attached hydrogens (tertiary/aromatic N) is 4. The third-order valence-electron chi connectivity index (χ3n) is 6.14. The van der Waals surface area contributed by atoms with Crippen molar-refractivity contribution in [1.29, 1.82) is 0 Å². The van der Waals surface area contributed by atoms with Gasteiger partial charge in [-0.25, -0.2) is 0 Å². The number of rotatable bonds is 9. The monoisotopic (exact) mass is 500 g/mol.